The lowest BCUT2D eigenvalue weighted by Gasteiger charge is -2.21. The van der Waals surface area contributed by atoms with Crippen molar-refractivity contribution in [2.75, 3.05) is 23.9 Å². The summed E-state index contributed by atoms with van der Waals surface area (Å²) < 4.78 is 44.7. The molecule has 0 saturated carbocycles. The molecule has 26 heavy (non-hydrogen) atoms. The van der Waals surface area contributed by atoms with Gasteiger partial charge in [0.05, 0.1) is 12.8 Å². The maximum Gasteiger partial charge on any atom is 0.226 e. The number of rotatable bonds is 6. The SMILES string of the molecule is COc1ccc(N(CCC(=O)Nc2ccc(F)c(F)c2F)C(C)=O)cc1. The monoisotopic (exact) mass is 366 g/mol. The van der Waals surface area contributed by atoms with Gasteiger partial charge in [-0.25, -0.2) is 13.2 Å². The van der Waals surface area contributed by atoms with Gasteiger partial charge in [-0.2, -0.15) is 0 Å². The second-order valence-corrected chi connectivity index (χ2v) is 5.39. The predicted molar refractivity (Wildman–Crippen MR) is 90.6 cm³/mol. The summed E-state index contributed by atoms with van der Waals surface area (Å²) in [5.41, 5.74) is 0.0952. The first kappa shape index (κ1) is 19.3. The third kappa shape index (κ3) is 4.53. The number of carbonyl (C=O) groups excluding carboxylic acids is 2. The Hall–Kier alpha value is -3.03. The Balaban J connectivity index is 2.03. The van der Waals surface area contributed by atoms with Gasteiger partial charge in [0.25, 0.3) is 0 Å². The maximum atomic E-state index is 13.6. The van der Waals surface area contributed by atoms with Crippen LogP contribution in [0, 0.1) is 17.5 Å². The molecule has 0 aliphatic heterocycles. The highest BCUT2D eigenvalue weighted by Gasteiger charge is 2.17. The van der Waals surface area contributed by atoms with Gasteiger partial charge in [-0.1, -0.05) is 0 Å². The van der Waals surface area contributed by atoms with Crippen LogP contribution in [0.1, 0.15) is 13.3 Å². The molecule has 0 heterocycles. The molecule has 2 aromatic rings. The van der Waals surface area contributed by atoms with Crippen molar-refractivity contribution in [2.45, 2.75) is 13.3 Å². The van der Waals surface area contributed by atoms with Crippen LogP contribution >= 0.6 is 0 Å². The normalized spacial score (nSPS) is 10.3. The van der Waals surface area contributed by atoms with E-state index in [9.17, 15) is 22.8 Å². The molecule has 0 unspecified atom stereocenters. The molecule has 138 valence electrons. The third-order valence-electron chi connectivity index (χ3n) is 3.64. The van der Waals surface area contributed by atoms with Crippen LogP contribution in [-0.2, 0) is 9.59 Å². The Morgan fingerprint density at radius 1 is 1.04 bits per heavy atom. The molecule has 2 amide bonds. The van der Waals surface area contributed by atoms with Gasteiger partial charge in [0.1, 0.15) is 5.75 Å². The average Bonchev–Trinajstić information content (AvgIpc) is 2.62. The van der Waals surface area contributed by atoms with Gasteiger partial charge in [0.2, 0.25) is 11.8 Å². The van der Waals surface area contributed by atoms with E-state index in [0.717, 1.165) is 6.07 Å². The predicted octanol–water partition coefficient (Wildman–Crippen LogP) is 3.49. The topological polar surface area (TPSA) is 58.6 Å². The van der Waals surface area contributed by atoms with Gasteiger partial charge >= 0.3 is 0 Å². The number of halogens is 3. The van der Waals surface area contributed by atoms with Crippen LogP contribution in [0.4, 0.5) is 24.5 Å². The van der Waals surface area contributed by atoms with Crippen molar-refractivity contribution in [3.63, 3.8) is 0 Å². The number of anilines is 2. The number of hydrogen-bond donors (Lipinski definition) is 1. The van der Waals surface area contributed by atoms with Gasteiger partial charge in [-0.3, -0.25) is 9.59 Å². The highest BCUT2D eigenvalue weighted by atomic mass is 19.2. The Morgan fingerprint density at radius 2 is 1.69 bits per heavy atom. The number of nitrogens with one attached hydrogen (secondary N) is 1. The molecule has 0 bridgehead atoms. The molecule has 0 atom stereocenters. The quantitative estimate of drug-likeness (QED) is 0.796. The van der Waals surface area contributed by atoms with Crippen LogP contribution in [0.3, 0.4) is 0 Å². The van der Waals surface area contributed by atoms with Crippen molar-refractivity contribution in [1.29, 1.82) is 0 Å². The number of nitrogens with zero attached hydrogens (tertiary/aromatic N) is 1. The summed E-state index contributed by atoms with van der Waals surface area (Å²) in [7, 11) is 1.51. The van der Waals surface area contributed by atoms with Crippen LogP contribution in [0.15, 0.2) is 36.4 Å². The van der Waals surface area contributed by atoms with Crippen LogP contribution in [0.5, 0.6) is 5.75 Å². The second kappa shape index (κ2) is 8.37. The van der Waals surface area contributed by atoms with E-state index in [1.54, 1.807) is 24.3 Å². The van der Waals surface area contributed by atoms with Crippen molar-refractivity contribution in [2.24, 2.45) is 0 Å². The summed E-state index contributed by atoms with van der Waals surface area (Å²) in [5, 5.41) is 2.16. The number of ether oxygens (including phenoxy) is 1. The first-order valence-electron chi connectivity index (χ1n) is 7.69. The van der Waals surface area contributed by atoms with Crippen molar-refractivity contribution in [1.82, 2.24) is 0 Å². The smallest absolute Gasteiger partial charge is 0.226 e. The van der Waals surface area contributed by atoms with Crippen LogP contribution < -0.4 is 15.0 Å². The van der Waals surface area contributed by atoms with E-state index in [1.807, 2.05) is 0 Å². The first-order chi connectivity index (χ1) is 12.3. The van der Waals surface area contributed by atoms with E-state index >= 15 is 0 Å². The van der Waals surface area contributed by atoms with Gasteiger partial charge in [-0.15, -0.1) is 0 Å². The molecule has 0 aliphatic carbocycles. The van der Waals surface area contributed by atoms with Gasteiger partial charge in [-0.05, 0) is 36.4 Å². The molecular formula is C18H17F3N2O3. The first-order valence-corrected chi connectivity index (χ1v) is 7.69. The molecule has 0 aromatic heterocycles. The second-order valence-electron chi connectivity index (χ2n) is 5.39. The molecule has 8 heteroatoms. The summed E-state index contributed by atoms with van der Waals surface area (Å²) in [4.78, 5) is 25.1. The Morgan fingerprint density at radius 3 is 2.27 bits per heavy atom. The van der Waals surface area contributed by atoms with Gasteiger partial charge in [0.15, 0.2) is 17.5 Å². The van der Waals surface area contributed by atoms with Crippen molar-refractivity contribution in [3.8, 4) is 5.75 Å². The minimum Gasteiger partial charge on any atom is -0.497 e. The highest BCUT2D eigenvalue weighted by Crippen LogP contribution is 2.21. The molecular weight excluding hydrogens is 349 g/mol. The summed E-state index contributed by atoms with van der Waals surface area (Å²) in [6, 6.07) is 8.30. The van der Waals surface area contributed by atoms with E-state index < -0.39 is 29.0 Å². The largest absolute Gasteiger partial charge is 0.497 e. The van der Waals surface area contributed by atoms with E-state index in [1.165, 1.54) is 18.9 Å². The van der Waals surface area contributed by atoms with Crippen LogP contribution in [0.25, 0.3) is 0 Å². The number of benzene rings is 2. The van der Waals surface area contributed by atoms with Crippen LogP contribution in [-0.4, -0.2) is 25.5 Å². The molecule has 1 N–H and O–H groups in total. The third-order valence-corrected chi connectivity index (χ3v) is 3.64. The fourth-order valence-corrected chi connectivity index (χ4v) is 2.28. The lowest BCUT2D eigenvalue weighted by Crippen LogP contribution is -2.32. The summed E-state index contributed by atoms with van der Waals surface area (Å²) >= 11 is 0. The fourth-order valence-electron chi connectivity index (χ4n) is 2.28. The van der Waals surface area contributed by atoms with E-state index in [0.29, 0.717) is 17.5 Å². The minimum atomic E-state index is -1.66. The van der Waals surface area contributed by atoms with E-state index in [4.69, 9.17) is 4.74 Å². The zero-order chi connectivity index (χ0) is 19.3. The lowest BCUT2D eigenvalue weighted by atomic mass is 10.2. The Bertz CT molecular complexity index is 810. The molecule has 2 aromatic carbocycles. The molecule has 2 rings (SSSR count). The molecule has 0 spiro atoms. The Kier molecular flexibility index (Phi) is 6.21. The summed E-state index contributed by atoms with van der Waals surface area (Å²) in [6.45, 7) is 1.37. The number of amides is 2. The van der Waals surface area contributed by atoms with Gasteiger partial charge < -0.3 is 15.0 Å². The van der Waals surface area contributed by atoms with Crippen molar-refractivity contribution in [3.05, 3.63) is 53.8 Å². The average molecular weight is 366 g/mol. The Labute approximate surface area is 148 Å². The van der Waals surface area contributed by atoms with Crippen LogP contribution in [0.2, 0.25) is 0 Å². The summed E-state index contributed by atoms with van der Waals surface area (Å²) in [6.07, 6.45) is -0.163. The highest BCUT2D eigenvalue weighted by molar-refractivity contribution is 5.94. The molecule has 0 aliphatic rings. The zero-order valence-electron chi connectivity index (χ0n) is 14.2. The van der Waals surface area contributed by atoms with Crippen molar-refractivity contribution < 1.29 is 27.5 Å². The minimum absolute atomic E-state index is 0.0266. The maximum absolute atomic E-state index is 13.6. The number of methoxy groups -OCH3 is 1. The van der Waals surface area contributed by atoms with E-state index in [-0.39, 0.29) is 18.9 Å². The standard InChI is InChI=1S/C18H17F3N2O3/c1-11(24)23(12-3-5-13(26-2)6-4-12)10-9-16(25)22-15-8-7-14(19)17(20)18(15)21/h3-8H,9-10H2,1-2H3,(H,22,25). The van der Waals surface area contributed by atoms with Gasteiger partial charge in [0, 0.05) is 25.6 Å². The fraction of sp³-hybridized carbons (Fsp3) is 0.222. The number of hydrogen-bond acceptors (Lipinski definition) is 3. The van der Waals surface area contributed by atoms with E-state index in [2.05, 4.69) is 5.32 Å². The molecule has 0 saturated heterocycles. The number of carbonyl (C=O) groups is 2. The molecule has 0 fully saturated rings. The van der Waals surface area contributed by atoms with Crippen molar-refractivity contribution >= 4 is 23.2 Å². The zero-order valence-corrected chi connectivity index (χ0v) is 14.2. The molecule has 0 radical (unpaired) electrons. The molecule has 5 nitrogen and oxygen atoms in total. The lowest BCUT2D eigenvalue weighted by molar-refractivity contribution is -0.117. The summed E-state index contributed by atoms with van der Waals surface area (Å²) in [5.74, 6) is -4.80.